The van der Waals surface area contributed by atoms with Crippen LogP contribution in [0.3, 0.4) is 0 Å². The van der Waals surface area contributed by atoms with Crippen LogP contribution in [0, 0.1) is 12.8 Å². The maximum Gasteiger partial charge on any atom is 0.419 e. The smallest absolute Gasteiger partial charge is 0.385 e. The first-order valence-electron chi connectivity index (χ1n) is 14.8. The van der Waals surface area contributed by atoms with E-state index in [-0.39, 0.29) is 11.9 Å². The van der Waals surface area contributed by atoms with Gasteiger partial charge in [0.25, 0.3) is 0 Å². The molecule has 5 rings (SSSR count). The number of carbonyl (C=O) groups is 1. The van der Waals surface area contributed by atoms with Crippen LogP contribution in [0.15, 0.2) is 48.7 Å². The second kappa shape index (κ2) is 12.3. The number of nitrogen functional groups attached to an aromatic ring is 1. The van der Waals surface area contributed by atoms with Gasteiger partial charge in [0.1, 0.15) is 12.5 Å². The second-order valence-corrected chi connectivity index (χ2v) is 11.7. The Labute approximate surface area is 233 Å². The van der Waals surface area contributed by atoms with Gasteiger partial charge < -0.3 is 15.6 Å². The van der Waals surface area contributed by atoms with Crippen molar-refractivity contribution in [2.24, 2.45) is 5.92 Å². The van der Waals surface area contributed by atoms with Gasteiger partial charge >= 0.3 is 5.91 Å². The lowest BCUT2D eigenvalue weighted by Gasteiger charge is -2.36. The zero-order valence-corrected chi connectivity index (χ0v) is 23.7. The molecule has 1 amide bonds. The molecule has 1 saturated carbocycles. The first-order chi connectivity index (χ1) is 18.9. The van der Waals surface area contributed by atoms with E-state index in [1.807, 2.05) is 43.5 Å². The van der Waals surface area contributed by atoms with E-state index in [4.69, 9.17) is 5.73 Å². The highest BCUT2D eigenvalue weighted by atomic mass is 16.2. The summed E-state index contributed by atoms with van der Waals surface area (Å²) in [7, 11) is 0. The lowest BCUT2D eigenvalue weighted by molar-refractivity contribution is -0.469. The molecule has 1 unspecified atom stereocenters. The van der Waals surface area contributed by atoms with Gasteiger partial charge in [0.05, 0.1) is 11.3 Å². The molecule has 0 radical (unpaired) electrons. The molecule has 2 heterocycles. The summed E-state index contributed by atoms with van der Waals surface area (Å²) in [5, 5.41) is 0. The number of nitrogens with one attached hydrogen (secondary N) is 1. The minimum Gasteiger partial charge on any atom is -0.385 e. The number of aromatic nitrogens is 2. The monoisotopic (exact) mass is 526 g/mol. The van der Waals surface area contributed by atoms with Gasteiger partial charge in [-0.05, 0) is 106 Å². The van der Waals surface area contributed by atoms with Crippen molar-refractivity contribution < 1.29 is 9.37 Å². The average molecular weight is 527 g/mol. The fourth-order valence-electron chi connectivity index (χ4n) is 6.56. The van der Waals surface area contributed by atoms with Crippen molar-refractivity contribution in [3.8, 4) is 11.3 Å². The summed E-state index contributed by atoms with van der Waals surface area (Å²) >= 11 is 0. The normalized spacial score (nSPS) is 21.1. The van der Waals surface area contributed by atoms with Gasteiger partial charge in [-0.15, -0.1) is 0 Å². The number of H-pyrrole nitrogens is 1. The highest BCUT2D eigenvalue weighted by molar-refractivity contribution is 5.89. The summed E-state index contributed by atoms with van der Waals surface area (Å²) in [6.45, 7) is 10.8. The second-order valence-electron chi connectivity index (χ2n) is 11.7. The number of nitrogens with two attached hydrogens (primary N) is 1. The largest absolute Gasteiger partial charge is 0.419 e. The molecular formula is C33H44N5O+. The molecule has 2 aromatic heterocycles. The third kappa shape index (κ3) is 6.50. The van der Waals surface area contributed by atoms with Crippen LogP contribution in [0.1, 0.15) is 79.0 Å². The van der Waals surface area contributed by atoms with E-state index in [1.54, 1.807) is 4.58 Å². The van der Waals surface area contributed by atoms with Gasteiger partial charge in [0.15, 0.2) is 6.04 Å². The standard InChI is InChI=1S/C33H43N5O/c1-4-18-38(29-14-16-31-27(20-29)21-32(34)36-31)19-17-24-6-12-28(13-7-24)37(3)33(39)26-10-8-25(9-11-26)30-15-5-23(2)22-35-30/h5,8-11,15,21-22,24,28-29H,3-4,6-7,12-14,16-20H2,1-2H3,(H2-,34,35,36,39)/p+1. The van der Waals surface area contributed by atoms with Crippen LogP contribution < -0.4 is 5.73 Å². The molecule has 6 heteroatoms. The molecular weight excluding hydrogens is 482 g/mol. The first kappa shape index (κ1) is 27.3. The Bertz CT molecular complexity index is 1270. The number of aryl methyl sites for hydroxylation is 2. The average Bonchev–Trinajstić information content (AvgIpc) is 3.34. The van der Waals surface area contributed by atoms with E-state index >= 15 is 0 Å². The minimum absolute atomic E-state index is 0.0121. The molecule has 3 aromatic rings. The summed E-state index contributed by atoms with van der Waals surface area (Å²) in [5.41, 5.74) is 12.5. The molecule has 6 nitrogen and oxygen atoms in total. The van der Waals surface area contributed by atoms with Crippen LogP contribution in [0.2, 0.25) is 0 Å². The van der Waals surface area contributed by atoms with E-state index in [2.05, 4.69) is 40.6 Å². The van der Waals surface area contributed by atoms with Crippen molar-refractivity contribution in [3.63, 3.8) is 0 Å². The topological polar surface area (TPSA) is 78.0 Å². The van der Waals surface area contributed by atoms with Crippen LogP contribution in [-0.2, 0) is 12.8 Å². The summed E-state index contributed by atoms with van der Waals surface area (Å²) in [6.07, 6.45) is 12.1. The maximum atomic E-state index is 13.2. The van der Waals surface area contributed by atoms with Crippen molar-refractivity contribution in [3.05, 3.63) is 71.0 Å². The van der Waals surface area contributed by atoms with Crippen molar-refractivity contribution in [1.82, 2.24) is 14.9 Å². The number of pyridine rings is 1. The van der Waals surface area contributed by atoms with Crippen molar-refractivity contribution in [1.29, 1.82) is 0 Å². The fourth-order valence-corrected chi connectivity index (χ4v) is 6.56. The Morgan fingerprint density at radius 2 is 1.87 bits per heavy atom. The van der Waals surface area contributed by atoms with Gasteiger partial charge in [-0.1, -0.05) is 25.1 Å². The molecule has 0 bridgehead atoms. The number of benzene rings is 1. The Hall–Kier alpha value is -3.25. The first-order valence-corrected chi connectivity index (χ1v) is 14.8. The molecule has 1 aromatic carbocycles. The third-order valence-corrected chi connectivity index (χ3v) is 8.90. The third-order valence-electron chi connectivity index (χ3n) is 8.90. The zero-order valence-electron chi connectivity index (χ0n) is 23.7. The summed E-state index contributed by atoms with van der Waals surface area (Å²) in [5.74, 6) is 1.54. The Balaban J connectivity index is 1.10. The van der Waals surface area contributed by atoms with Gasteiger partial charge in [-0.25, -0.2) is 4.79 Å². The van der Waals surface area contributed by atoms with E-state index in [0.29, 0.717) is 11.6 Å². The molecule has 2 aliphatic carbocycles. The van der Waals surface area contributed by atoms with Crippen LogP contribution in [0.4, 0.5) is 5.82 Å². The number of fused-ring (bicyclic) bond motifs is 1. The fraction of sp³-hybridized carbons (Fsp3) is 0.485. The van der Waals surface area contributed by atoms with E-state index < -0.39 is 0 Å². The number of carbonyl (C=O) groups excluding carboxylic acids is 1. The molecule has 3 N–H and O–H groups in total. The zero-order chi connectivity index (χ0) is 27.4. The highest BCUT2D eigenvalue weighted by Gasteiger charge is 2.33. The van der Waals surface area contributed by atoms with E-state index in [9.17, 15) is 4.79 Å². The molecule has 1 atom stereocenters. The van der Waals surface area contributed by atoms with Crippen LogP contribution in [-0.4, -0.2) is 57.2 Å². The van der Waals surface area contributed by atoms with Crippen molar-refractivity contribution >= 4 is 18.4 Å². The van der Waals surface area contributed by atoms with Crippen LogP contribution >= 0.6 is 0 Å². The van der Waals surface area contributed by atoms with Crippen molar-refractivity contribution in [2.45, 2.75) is 83.7 Å². The molecule has 0 spiro atoms. The SMILES string of the molecule is C=[N+](C(=O)c1ccc(-c2ccc(C)cn2)cc1)C1CCC(CCN(CCC)C2CCc3[nH]c(N)cc3C2)CC1. The quantitative estimate of drug-likeness (QED) is 0.263. The molecule has 0 aliphatic heterocycles. The highest BCUT2D eigenvalue weighted by Crippen LogP contribution is 2.31. The number of nitrogens with zero attached hydrogens (tertiary/aromatic N) is 3. The van der Waals surface area contributed by atoms with E-state index in [0.717, 1.165) is 67.3 Å². The predicted octanol–water partition coefficient (Wildman–Crippen LogP) is 6.04. The number of hydrogen-bond acceptors (Lipinski definition) is 4. The molecule has 206 valence electrons. The summed E-state index contributed by atoms with van der Waals surface area (Å²) in [4.78, 5) is 23.8. The Morgan fingerprint density at radius 3 is 2.56 bits per heavy atom. The van der Waals surface area contributed by atoms with Gasteiger partial charge in [-0.2, -0.15) is 4.58 Å². The number of anilines is 1. The predicted molar refractivity (Wildman–Crippen MR) is 159 cm³/mol. The molecule has 39 heavy (non-hydrogen) atoms. The number of rotatable bonds is 9. The molecule has 1 fully saturated rings. The number of aromatic amines is 1. The van der Waals surface area contributed by atoms with Crippen molar-refractivity contribution in [2.75, 3.05) is 18.8 Å². The summed E-state index contributed by atoms with van der Waals surface area (Å²) < 4.78 is 1.74. The van der Waals surface area contributed by atoms with Gasteiger partial charge in [0, 0.05) is 36.3 Å². The Kier molecular flexibility index (Phi) is 8.61. The van der Waals surface area contributed by atoms with Crippen LogP contribution in [0.5, 0.6) is 0 Å². The van der Waals surface area contributed by atoms with Gasteiger partial charge in [-0.3, -0.25) is 4.98 Å². The lowest BCUT2D eigenvalue weighted by atomic mass is 9.83. The van der Waals surface area contributed by atoms with E-state index in [1.165, 1.54) is 43.4 Å². The summed E-state index contributed by atoms with van der Waals surface area (Å²) in [6, 6.07) is 14.8. The van der Waals surface area contributed by atoms with Gasteiger partial charge in [0.2, 0.25) is 0 Å². The van der Waals surface area contributed by atoms with Crippen LogP contribution in [0.25, 0.3) is 11.3 Å². The maximum absolute atomic E-state index is 13.2. The molecule has 0 saturated heterocycles. The minimum atomic E-state index is 0.0121. The Morgan fingerprint density at radius 1 is 1.10 bits per heavy atom. The number of hydrogen-bond donors (Lipinski definition) is 2. The lowest BCUT2D eigenvalue weighted by Crippen LogP contribution is -2.41. The number of amides is 1. The molecule has 2 aliphatic rings.